The minimum atomic E-state index is -0.511. The molecule has 1 fully saturated rings. The van der Waals surface area contributed by atoms with Gasteiger partial charge in [-0.05, 0) is 45.9 Å². The molecule has 0 bridgehead atoms. The molecule has 0 N–H and O–H groups in total. The molecule has 162 valence electrons. The summed E-state index contributed by atoms with van der Waals surface area (Å²) in [6.45, 7) is 8.69. The fraction of sp³-hybridized carbons (Fsp3) is 0.500. The number of aryl methyl sites for hydroxylation is 1. The lowest BCUT2D eigenvalue weighted by molar-refractivity contribution is 0.0126. The van der Waals surface area contributed by atoms with Crippen LogP contribution >= 0.6 is 11.3 Å². The molecule has 0 unspecified atom stereocenters. The molecule has 1 amide bonds. The van der Waals surface area contributed by atoms with Crippen molar-refractivity contribution in [2.24, 2.45) is 0 Å². The standard InChI is InChI=1S/C22H28N2O5S/c1-14-13-23-19(30-14)15-10-16(20(25)27-5)12-18(11-15)28-17-6-8-24(9-7-17)21(26)29-22(2,3)4/h10-13,17H,6-9H2,1-5H3. The van der Waals surface area contributed by atoms with Gasteiger partial charge in [-0.15, -0.1) is 11.3 Å². The lowest BCUT2D eigenvalue weighted by Crippen LogP contribution is -2.44. The van der Waals surface area contributed by atoms with Gasteiger partial charge in [0.25, 0.3) is 0 Å². The third kappa shape index (κ3) is 5.72. The Labute approximate surface area is 181 Å². The summed E-state index contributed by atoms with van der Waals surface area (Å²) < 4.78 is 16.5. The number of piperidine rings is 1. The van der Waals surface area contributed by atoms with Crippen molar-refractivity contribution in [1.82, 2.24) is 9.88 Å². The summed E-state index contributed by atoms with van der Waals surface area (Å²) in [5.41, 5.74) is 0.727. The number of likely N-dealkylation sites (tertiary alicyclic amines) is 1. The number of esters is 1. The van der Waals surface area contributed by atoms with Crippen molar-refractivity contribution in [2.45, 2.75) is 52.2 Å². The smallest absolute Gasteiger partial charge is 0.410 e. The molecule has 1 aliphatic heterocycles. The predicted octanol–water partition coefficient (Wildman–Crippen LogP) is 4.68. The van der Waals surface area contributed by atoms with E-state index in [1.165, 1.54) is 7.11 Å². The van der Waals surface area contributed by atoms with Crippen LogP contribution in [0, 0.1) is 6.92 Å². The molecular formula is C22H28N2O5S. The minimum Gasteiger partial charge on any atom is -0.490 e. The second kappa shape index (κ2) is 9.04. The van der Waals surface area contributed by atoms with Crippen LogP contribution in [0.3, 0.4) is 0 Å². The molecule has 0 saturated carbocycles. The molecule has 0 radical (unpaired) electrons. The fourth-order valence-electron chi connectivity index (χ4n) is 3.19. The zero-order valence-electron chi connectivity index (χ0n) is 18.1. The highest BCUT2D eigenvalue weighted by atomic mass is 32.1. The summed E-state index contributed by atoms with van der Waals surface area (Å²) in [6.07, 6.45) is 2.83. The van der Waals surface area contributed by atoms with Gasteiger partial charge >= 0.3 is 12.1 Å². The maximum absolute atomic E-state index is 12.2. The highest BCUT2D eigenvalue weighted by molar-refractivity contribution is 7.14. The van der Waals surface area contributed by atoms with Crippen molar-refractivity contribution in [3.8, 4) is 16.3 Å². The van der Waals surface area contributed by atoms with Gasteiger partial charge in [0.15, 0.2) is 0 Å². The lowest BCUT2D eigenvalue weighted by Gasteiger charge is -2.33. The van der Waals surface area contributed by atoms with Gasteiger partial charge < -0.3 is 19.1 Å². The monoisotopic (exact) mass is 432 g/mol. The molecule has 2 heterocycles. The van der Waals surface area contributed by atoms with Crippen LogP contribution in [0.15, 0.2) is 24.4 Å². The topological polar surface area (TPSA) is 78.0 Å². The second-order valence-corrected chi connectivity index (χ2v) is 9.53. The number of methoxy groups -OCH3 is 1. The Balaban J connectivity index is 1.70. The molecule has 0 aliphatic carbocycles. The first-order chi connectivity index (χ1) is 14.1. The van der Waals surface area contributed by atoms with Crippen LogP contribution < -0.4 is 4.74 Å². The fourth-order valence-corrected chi connectivity index (χ4v) is 3.94. The van der Waals surface area contributed by atoms with Gasteiger partial charge in [-0.2, -0.15) is 0 Å². The van der Waals surface area contributed by atoms with Gasteiger partial charge in [0, 0.05) is 42.6 Å². The van der Waals surface area contributed by atoms with Gasteiger partial charge in [0.2, 0.25) is 0 Å². The number of carbonyl (C=O) groups is 2. The first-order valence-corrected chi connectivity index (χ1v) is 10.8. The van der Waals surface area contributed by atoms with Crippen molar-refractivity contribution in [1.29, 1.82) is 0 Å². The predicted molar refractivity (Wildman–Crippen MR) is 115 cm³/mol. The zero-order valence-corrected chi connectivity index (χ0v) is 18.9. The summed E-state index contributed by atoms with van der Waals surface area (Å²) in [7, 11) is 1.36. The molecule has 8 heteroatoms. The molecule has 30 heavy (non-hydrogen) atoms. The minimum absolute atomic E-state index is 0.0533. The number of hydrogen-bond acceptors (Lipinski definition) is 7. The number of aromatic nitrogens is 1. The van der Waals surface area contributed by atoms with Gasteiger partial charge in [-0.25, -0.2) is 14.6 Å². The molecule has 1 aliphatic rings. The van der Waals surface area contributed by atoms with E-state index in [-0.39, 0.29) is 12.2 Å². The van der Waals surface area contributed by atoms with Crippen LogP contribution in [-0.4, -0.2) is 53.9 Å². The van der Waals surface area contributed by atoms with Crippen molar-refractivity contribution in [2.75, 3.05) is 20.2 Å². The van der Waals surface area contributed by atoms with Gasteiger partial charge in [0.05, 0.1) is 12.7 Å². The van der Waals surface area contributed by atoms with E-state index in [2.05, 4.69) is 4.98 Å². The zero-order chi connectivity index (χ0) is 21.9. The first-order valence-electron chi connectivity index (χ1n) is 9.95. The Morgan fingerprint density at radius 3 is 2.43 bits per heavy atom. The van der Waals surface area contributed by atoms with Crippen LogP contribution in [0.1, 0.15) is 48.8 Å². The van der Waals surface area contributed by atoms with E-state index >= 15 is 0 Å². The van der Waals surface area contributed by atoms with Crippen LogP contribution in [0.4, 0.5) is 4.79 Å². The SMILES string of the molecule is COC(=O)c1cc(OC2CCN(C(=O)OC(C)(C)C)CC2)cc(-c2ncc(C)s2)c1. The van der Waals surface area contributed by atoms with Crippen molar-refractivity contribution in [3.05, 3.63) is 34.8 Å². The van der Waals surface area contributed by atoms with Gasteiger partial charge in [0.1, 0.15) is 22.5 Å². The highest BCUT2D eigenvalue weighted by Gasteiger charge is 2.28. The first kappa shape index (κ1) is 22.1. The van der Waals surface area contributed by atoms with Crippen molar-refractivity contribution < 1.29 is 23.8 Å². The van der Waals surface area contributed by atoms with Crippen molar-refractivity contribution in [3.63, 3.8) is 0 Å². The number of hydrogen-bond donors (Lipinski definition) is 0. The number of benzene rings is 1. The molecular weight excluding hydrogens is 404 g/mol. The normalized spacial score (nSPS) is 15.0. The van der Waals surface area contributed by atoms with E-state index in [4.69, 9.17) is 14.2 Å². The number of amides is 1. The lowest BCUT2D eigenvalue weighted by atomic mass is 10.1. The Kier molecular flexibility index (Phi) is 6.65. The maximum Gasteiger partial charge on any atom is 0.410 e. The van der Waals surface area contributed by atoms with Crippen LogP contribution in [-0.2, 0) is 9.47 Å². The maximum atomic E-state index is 12.2. The average Bonchev–Trinajstić information content (AvgIpc) is 3.13. The summed E-state index contributed by atoms with van der Waals surface area (Å²) in [4.78, 5) is 31.6. The van der Waals surface area contributed by atoms with E-state index in [9.17, 15) is 9.59 Å². The molecule has 1 aromatic carbocycles. The van der Waals surface area contributed by atoms with E-state index in [0.717, 1.165) is 15.4 Å². The Bertz CT molecular complexity index is 910. The number of ether oxygens (including phenoxy) is 3. The number of thiazole rings is 1. The van der Waals surface area contributed by atoms with Crippen LogP contribution in [0.5, 0.6) is 5.75 Å². The average molecular weight is 433 g/mol. The molecule has 0 atom stereocenters. The molecule has 7 nitrogen and oxygen atoms in total. The van der Waals surface area contributed by atoms with E-state index in [0.29, 0.717) is 37.2 Å². The third-order valence-electron chi connectivity index (χ3n) is 4.59. The van der Waals surface area contributed by atoms with Gasteiger partial charge in [-0.1, -0.05) is 0 Å². The largest absolute Gasteiger partial charge is 0.490 e. The van der Waals surface area contributed by atoms with Crippen LogP contribution in [0.2, 0.25) is 0 Å². The molecule has 3 rings (SSSR count). The van der Waals surface area contributed by atoms with E-state index < -0.39 is 11.6 Å². The van der Waals surface area contributed by atoms with Crippen LogP contribution in [0.25, 0.3) is 10.6 Å². The molecule has 2 aromatic rings. The van der Waals surface area contributed by atoms with Gasteiger partial charge in [-0.3, -0.25) is 0 Å². The molecule has 1 aromatic heterocycles. The Morgan fingerprint density at radius 2 is 1.87 bits per heavy atom. The quantitative estimate of drug-likeness (QED) is 0.653. The van der Waals surface area contributed by atoms with E-state index in [1.54, 1.807) is 34.6 Å². The highest BCUT2D eigenvalue weighted by Crippen LogP contribution is 2.31. The second-order valence-electron chi connectivity index (χ2n) is 8.30. The number of rotatable bonds is 4. The Hall–Kier alpha value is -2.61. The third-order valence-corrected chi connectivity index (χ3v) is 5.55. The van der Waals surface area contributed by atoms with E-state index in [1.807, 2.05) is 33.8 Å². The number of nitrogens with zero attached hydrogens (tertiary/aromatic N) is 2. The Morgan fingerprint density at radius 1 is 1.17 bits per heavy atom. The molecule has 1 saturated heterocycles. The number of carbonyl (C=O) groups excluding carboxylic acids is 2. The summed E-state index contributed by atoms with van der Waals surface area (Å²) in [6, 6.07) is 5.35. The summed E-state index contributed by atoms with van der Waals surface area (Å²) >= 11 is 1.55. The molecule has 0 spiro atoms. The summed E-state index contributed by atoms with van der Waals surface area (Å²) in [5.74, 6) is 0.172. The summed E-state index contributed by atoms with van der Waals surface area (Å²) in [5, 5.41) is 0.822. The van der Waals surface area contributed by atoms with Crippen molar-refractivity contribution >= 4 is 23.4 Å².